The molecule has 0 amide bonds. The molecule has 17 heavy (non-hydrogen) atoms. The number of nitrogen functional groups attached to an aromatic ring is 1. The normalized spacial score (nSPS) is 19.5. The van der Waals surface area contributed by atoms with E-state index in [9.17, 15) is 0 Å². The molecule has 3 nitrogen and oxygen atoms in total. The highest BCUT2D eigenvalue weighted by Gasteiger charge is 2.22. The minimum Gasteiger partial charge on any atom is -0.383 e. The molecule has 2 N–H and O–H groups in total. The molecule has 2 aromatic rings. The maximum Gasteiger partial charge on any atom is 0.147 e. The van der Waals surface area contributed by atoms with Gasteiger partial charge < -0.3 is 5.73 Å². The van der Waals surface area contributed by atoms with Gasteiger partial charge in [0, 0.05) is 4.88 Å². The minimum atomic E-state index is 0.319. The second-order valence-electron chi connectivity index (χ2n) is 4.69. The number of nitrogens with two attached hydrogens (primary N) is 1. The molecular formula is C12H14ClN3S. The lowest BCUT2D eigenvalue weighted by Crippen LogP contribution is -2.09. The van der Waals surface area contributed by atoms with Crippen LogP contribution in [0.5, 0.6) is 0 Å². The maximum atomic E-state index is 6.03. The van der Waals surface area contributed by atoms with Gasteiger partial charge in [0.1, 0.15) is 16.5 Å². The lowest BCUT2D eigenvalue weighted by atomic mass is 9.89. The lowest BCUT2D eigenvalue weighted by molar-refractivity contribution is 0.509. The van der Waals surface area contributed by atoms with Crippen molar-refractivity contribution in [2.75, 3.05) is 5.73 Å². The van der Waals surface area contributed by atoms with Crippen molar-refractivity contribution in [1.82, 2.24) is 9.97 Å². The predicted octanol–water partition coefficient (Wildman–Crippen LogP) is 3.14. The molecule has 0 radical (unpaired) electrons. The van der Waals surface area contributed by atoms with Crippen molar-refractivity contribution < 1.29 is 0 Å². The third-order valence-corrected chi connectivity index (χ3v) is 4.74. The molecule has 1 aliphatic rings. The van der Waals surface area contributed by atoms with Gasteiger partial charge in [-0.05, 0) is 30.7 Å². The maximum absolute atomic E-state index is 6.03. The summed E-state index contributed by atoms with van der Waals surface area (Å²) in [5.41, 5.74) is 7.41. The van der Waals surface area contributed by atoms with Crippen LogP contribution in [0, 0.1) is 5.92 Å². The molecule has 90 valence electrons. The number of halogens is 1. The smallest absolute Gasteiger partial charge is 0.147 e. The van der Waals surface area contributed by atoms with Crippen LogP contribution in [0.2, 0.25) is 0 Å². The Morgan fingerprint density at radius 2 is 2.29 bits per heavy atom. The Morgan fingerprint density at radius 1 is 1.47 bits per heavy atom. The minimum absolute atomic E-state index is 0.319. The molecule has 0 aliphatic heterocycles. The largest absolute Gasteiger partial charge is 0.383 e. The first-order chi connectivity index (χ1) is 8.19. The summed E-state index contributed by atoms with van der Waals surface area (Å²) in [5, 5.41) is 1.07. The fraction of sp³-hybridized carbons (Fsp3) is 0.500. The van der Waals surface area contributed by atoms with Crippen molar-refractivity contribution in [2.45, 2.75) is 32.1 Å². The van der Waals surface area contributed by atoms with Crippen molar-refractivity contribution in [3.8, 4) is 0 Å². The van der Waals surface area contributed by atoms with E-state index in [4.69, 9.17) is 17.3 Å². The number of hydrogen-bond acceptors (Lipinski definition) is 4. The van der Waals surface area contributed by atoms with E-state index in [1.54, 1.807) is 11.3 Å². The molecule has 5 heteroatoms. The first-order valence-electron chi connectivity index (χ1n) is 5.81. The molecule has 2 aromatic heterocycles. The van der Waals surface area contributed by atoms with E-state index in [1.807, 2.05) is 0 Å². The second kappa shape index (κ2) is 4.10. The van der Waals surface area contributed by atoms with Gasteiger partial charge in [-0.1, -0.05) is 6.92 Å². The highest BCUT2D eigenvalue weighted by atomic mass is 35.5. The van der Waals surface area contributed by atoms with Crippen LogP contribution in [0.25, 0.3) is 10.2 Å². The average molecular weight is 268 g/mol. The summed E-state index contributed by atoms with van der Waals surface area (Å²) in [6.07, 6.45) is 3.48. The Bertz CT molecular complexity index is 579. The van der Waals surface area contributed by atoms with Crippen LogP contribution in [0.1, 0.15) is 29.6 Å². The third-order valence-electron chi connectivity index (χ3n) is 3.35. The zero-order chi connectivity index (χ0) is 12.0. The predicted molar refractivity (Wildman–Crippen MR) is 72.6 cm³/mol. The van der Waals surface area contributed by atoms with Crippen molar-refractivity contribution in [2.24, 2.45) is 5.92 Å². The number of thiophene rings is 1. The van der Waals surface area contributed by atoms with Crippen LogP contribution in [-0.2, 0) is 18.7 Å². The van der Waals surface area contributed by atoms with Gasteiger partial charge in [-0.25, -0.2) is 9.97 Å². The highest BCUT2D eigenvalue weighted by Crippen LogP contribution is 2.39. The molecule has 0 saturated carbocycles. The number of rotatable bonds is 1. The van der Waals surface area contributed by atoms with Crippen LogP contribution in [0.15, 0.2) is 0 Å². The molecule has 0 aromatic carbocycles. The Kier molecular flexibility index (Phi) is 2.71. The van der Waals surface area contributed by atoms with Crippen LogP contribution in [-0.4, -0.2) is 9.97 Å². The zero-order valence-electron chi connectivity index (χ0n) is 9.66. The number of hydrogen-bond donors (Lipinski definition) is 1. The monoisotopic (exact) mass is 267 g/mol. The molecule has 0 unspecified atom stereocenters. The molecule has 0 spiro atoms. The van der Waals surface area contributed by atoms with Crippen LogP contribution >= 0.6 is 22.9 Å². The van der Waals surface area contributed by atoms with Gasteiger partial charge >= 0.3 is 0 Å². The summed E-state index contributed by atoms with van der Waals surface area (Å²) in [6, 6.07) is 0. The molecule has 0 saturated heterocycles. The zero-order valence-corrected chi connectivity index (χ0v) is 11.2. The van der Waals surface area contributed by atoms with E-state index < -0.39 is 0 Å². The fourth-order valence-corrected chi connectivity index (χ4v) is 4.01. The molecular weight excluding hydrogens is 254 g/mol. The Morgan fingerprint density at radius 3 is 3.06 bits per heavy atom. The summed E-state index contributed by atoms with van der Waals surface area (Å²) in [6.45, 7) is 2.30. The number of nitrogens with zero attached hydrogens (tertiary/aromatic N) is 2. The molecule has 2 heterocycles. The van der Waals surface area contributed by atoms with Gasteiger partial charge in [0.05, 0.1) is 11.3 Å². The number of alkyl halides is 1. The van der Waals surface area contributed by atoms with Crippen molar-refractivity contribution in [1.29, 1.82) is 0 Å². The van der Waals surface area contributed by atoms with E-state index >= 15 is 0 Å². The van der Waals surface area contributed by atoms with Crippen molar-refractivity contribution >= 4 is 39.0 Å². The average Bonchev–Trinajstić information content (AvgIpc) is 2.66. The van der Waals surface area contributed by atoms with Gasteiger partial charge in [0.25, 0.3) is 0 Å². The molecule has 1 atom stereocenters. The first kappa shape index (κ1) is 11.2. The summed E-state index contributed by atoms with van der Waals surface area (Å²) in [4.78, 5) is 11.2. The summed E-state index contributed by atoms with van der Waals surface area (Å²) >= 11 is 7.53. The Labute approximate surface area is 109 Å². The lowest BCUT2D eigenvalue weighted by Gasteiger charge is -2.17. The summed E-state index contributed by atoms with van der Waals surface area (Å²) < 4.78 is 0. The molecule has 0 fully saturated rings. The first-order valence-corrected chi connectivity index (χ1v) is 7.16. The van der Waals surface area contributed by atoms with E-state index in [-0.39, 0.29) is 0 Å². The second-order valence-corrected chi connectivity index (χ2v) is 6.04. The van der Waals surface area contributed by atoms with Crippen molar-refractivity contribution in [3.05, 3.63) is 16.3 Å². The third kappa shape index (κ3) is 1.79. The van der Waals surface area contributed by atoms with E-state index in [0.29, 0.717) is 17.5 Å². The number of aromatic nitrogens is 2. The summed E-state index contributed by atoms with van der Waals surface area (Å²) in [7, 11) is 0. The molecule has 0 bridgehead atoms. The van der Waals surface area contributed by atoms with Gasteiger partial charge in [-0.15, -0.1) is 22.9 Å². The Balaban J connectivity index is 2.24. The van der Waals surface area contributed by atoms with Crippen LogP contribution < -0.4 is 5.73 Å². The molecule has 1 aliphatic carbocycles. The van der Waals surface area contributed by atoms with E-state index in [1.165, 1.54) is 16.9 Å². The topological polar surface area (TPSA) is 51.8 Å². The summed E-state index contributed by atoms with van der Waals surface area (Å²) in [5.74, 6) is 2.30. The van der Waals surface area contributed by atoms with E-state index in [2.05, 4.69) is 16.9 Å². The quantitative estimate of drug-likeness (QED) is 0.808. The number of fused-ring (bicyclic) bond motifs is 3. The molecule has 3 rings (SSSR count). The number of anilines is 1. The van der Waals surface area contributed by atoms with Crippen LogP contribution in [0.4, 0.5) is 5.82 Å². The van der Waals surface area contributed by atoms with Gasteiger partial charge in [-0.3, -0.25) is 0 Å². The van der Waals surface area contributed by atoms with Gasteiger partial charge in [0.15, 0.2) is 0 Å². The SMILES string of the molecule is C[C@@H]1CCc2c(sc3nc(CCl)nc(N)c23)C1. The Hall–Kier alpha value is -0.870. The van der Waals surface area contributed by atoms with E-state index in [0.717, 1.165) is 29.0 Å². The highest BCUT2D eigenvalue weighted by molar-refractivity contribution is 7.19. The van der Waals surface area contributed by atoms with Gasteiger partial charge in [-0.2, -0.15) is 0 Å². The number of aryl methyl sites for hydroxylation is 1. The van der Waals surface area contributed by atoms with Gasteiger partial charge in [0.2, 0.25) is 0 Å². The standard InChI is InChI=1S/C12H14ClN3S/c1-6-2-3-7-8(4-6)17-12-10(7)11(14)15-9(5-13)16-12/h6H,2-5H2,1H3,(H2,14,15,16)/t6-/m1/s1. The van der Waals surface area contributed by atoms with Crippen LogP contribution in [0.3, 0.4) is 0 Å². The van der Waals surface area contributed by atoms with Crippen molar-refractivity contribution in [3.63, 3.8) is 0 Å². The fourth-order valence-electron chi connectivity index (χ4n) is 2.48.